The third-order valence-corrected chi connectivity index (χ3v) is 6.98. The van der Waals surface area contributed by atoms with Crippen molar-refractivity contribution < 1.29 is 9.52 Å². The molecule has 1 aromatic carbocycles. The Bertz CT molecular complexity index is 1250. The van der Waals surface area contributed by atoms with Crippen molar-refractivity contribution >= 4 is 45.7 Å². The highest BCUT2D eigenvalue weighted by molar-refractivity contribution is 7.98. The zero-order chi connectivity index (χ0) is 20.0. The molecule has 29 heavy (non-hydrogen) atoms. The molecule has 0 amide bonds. The summed E-state index contributed by atoms with van der Waals surface area (Å²) in [5.41, 5.74) is 0.641. The maximum atomic E-state index is 12.0. The molecule has 6 nitrogen and oxygen atoms in total. The van der Waals surface area contributed by atoms with E-state index >= 15 is 0 Å². The van der Waals surface area contributed by atoms with E-state index in [0.717, 1.165) is 35.8 Å². The fourth-order valence-corrected chi connectivity index (χ4v) is 5.17. The Morgan fingerprint density at radius 1 is 1.31 bits per heavy atom. The van der Waals surface area contributed by atoms with Crippen LogP contribution in [0.2, 0.25) is 5.02 Å². The Labute approximate surface area is 179 Å². The third-order valence-electron chi connectivity index (χ3n) is 4.81. The van der Waals surface area contributed by atoms with E-state index in [2.05, 4.69) is 26.2 Å². The lowest BCUT2D eigenvalue weighted by molar-refractivity contribution is 0.473. The first-order valence-corrected chi connectivity index (χ1v) is 11.4. The van der Waals surface area contributed by atoms with Gasteiger partial charge in [-0.3, -0.25) is 0 Å². The molecule has 4 aromatic rings. The first kappa shape index (κ1) is 18.7. The number of hydrogen-bond acceptors (Lipinski definition) is 7. The maximum Gasteiger partial charge on any atom is 0.336 e. The standard InChI is InChI=1S/C20H16ClN3O3S2/c21-15-8-14-11(6-19(26)27-17(14)9-16(15)25)10-29-20-23-22-18(24(20)12-3-4-12)7-13-2-1-5-28-13/h1-2,5-6,8-9,12,25H,3-4,7,10H2. The topological polar surface area (TPSA) is 81.2 Å². The third kappa shape index (κ3) is 3.80. The molecular weight excluding hydrogens is 430 g/mol. The Morgan fingerprint density at radius 3 is 2.93 bits per heavy atom. The van der Waals surface area contributed by atoms with Gasteiger partial charge in [-0.2, -0.15) is 0 Å². The Balaban J connectivity index is 1.45. The smallest absolute Gasteiger partial charge is 0.336 e. The number of phenols is 1. The van der Waals surface area contributed by atoms with Gasteiger partial charge >= 0.3 is 5.63 Å². The van der Waals surface area contributed by atoms with Gasteiger partial charge in [0.05, 0.1) is 5.02 Å². The van der Waals surface area contributed by atoms with Crippen LogP contribution in [0.4, 0.5) is 0 Å². The van der Waals surface area contributed by atoms with Crippen molar-refractivity contribution in [2.24, 2.45) is 0 Å². The van der Waals surface area contributed by atoms with E-state index in [1.807, 2.05) is 6.07 Å². The largest absolute Gasteiger partial charge is 0.506 e. The van der Waals surface area contributed by atoms with E-state index in [-0.39, 0.29) is 10.8 Å². The second kappa shape index (κ2) is 7.51. The lowest BCUT2D eigenvalue weighted by atomic mass is 10.1. The fraction of sp³-hybridized carbons (Fsp3) is 0.250. The van der Waals surface area contributed by atoms with E-state index in [9.17, 15) is 9.90 Å². The van der Waals surface area contributed by atoms with Crippen LogP contribution in [0.3, 0.4) is 0 Å². The first-order valence-electron chi connectivity index (χ1n) is 9.12. The normalized spacial score (nSPS) is 14.0. The van der Waals surface area contributed by atoms with Crippen LogP contribution >= 0.6 is 34.7 Å². The van der Waals surface area contributed by atoms with Gasteiger partial charge in [-0.05, 0) is 35.9 Å². The molecule has 5 rings (SSSR count). The van der Waals surface area contributed by atoms with E-state index in [4.69, 9.17) is 16.0 Å². The predicted octanol–water partition coefficient (Wildman–Crippen LogP) is 5.02. The second-order valence-electron chi connectivity index (χ2n) is 6.94. The van der Waals surface area contributed by atoms with E-state index in [1.54, 1.807) is 29.2 Å². The molecule has 1 N–H and O–H groups in total. The number of rotatable bonds is 6. The number of hydrogen-bond donors (Lipinski definition) is 1. The highest BCUT2D eigenvalue weighted by atomic mass is 35.5. The number of aromatic nitrogens is 3. The van der Waals surface area contributed by atoms with Crippen LogP contribution in [0.1, 0.15) is 35.1 Å². The molecular formula is C20H16ClN3O3S2. The summed E-state index contributed by atoms with van der Waals surface area (Å²) in [6.07, 6.45) is 3.04. The van der Waals surface area contributed by atoms with Gasteiger partial charge in [0.25, 0.3) is 0 Å². The molecule has 0 bridgehead atoms. The van der Waals surface area contributed by atoms with Crippen LogP contribution in [0.15, 0.2) is 50.1 Å². The fourth-order valence-electron chi connectivity index (χ4n) is 3.29. The Hall–Kier alpha value is -2.29. The molecule has 1 saturated carbocycles. The second-order valence-corrected chi connectivity index (χ2v) is 9.32. The number of nitrogens with zero attached hydrogens (tertiary/aromatic N) is 3. The van der Waals surface area contributed by atoms with Gasteiger partial charge in [0, 0.05) is 40.6 Å². The summed E-state index contributed by atoms with van der Waals surface area (Å²) in [7, 11) is 0. The molecule has 0 saturated heterocycles. The highest BCUT2D eigenvalue weighted by Gasteiger charge is 2.29. The lowest BCUT2D eigenvalue weighted by Gasteiger charge is -2.09. The highest BCUT2D eigenvalue weighted by Crippen LogP contribution is 2.40. The van der Waals surface area contributed by atoms with E-state index < -0.39 is 5.63 Å². The predicted molar refractivity (Wildman–Crippen MR) is 114 cm³/mol. The number of fused-ring (bicyclic) bond motifs is 1. The minimum absolute atomic E-state index is 0.112. The zero-order valence-electron chi connectivity index (χ0n) is 15.2. The summed E-state index contributed by atoms with van der Waals surface area (Å²) in [6, 6.07) is 9.07. The van der Waals surface area contributed by atoms with Crippen LogP contribution in [0.25, 0.3) is 11.0 Å². The van der Waals surface area contributed by atoms with Crippen molar-refractivity contribution in [2.45, 2.75) is 36.2 Å². The molecule has 9 heteroatoms. The van der Waals surface area contributed by atoms with E-state index in [1.165, 1.54) is 17.0 Å². The summed E-state index contributed by atoms with van der Waals surface area (Å²) in [5.74, 6) is 1.38. The zero-order valence-corrected chi connectivity index (χ0v) is 17.6. The first-order chi connectivity index (χ1) is 14.1. The quantitative estimate of drug-likeness (QED) is 0.331. The molecule has 1 aliphatic carbocycles. The lowest BCUT2D eigenvalue weighted by Crippen LogP contribution is -2.04. The van der Waals surface area contributed by atoms with Gasteiger partial charge in [0.15, 0.2) is 5.16 Å². The number of thioether (sulfide) groups is 1. The summed E-state index contributed by atoms with van der Waals surface area (Å²) in [4.78, 5) is 13.2. The number of phenolic OH excluding ortho intramolecular Hbond substituents is 1. The van der Waals surface area contributed by atoms with Crippen molar-refractivity contribution in [3.8, 4) is 5.75 Å². The van der Waals surface area contributed by atoms with Gasteiger partial charge in [-0.25, -0.2) is 4.79 Å². The molecule has 148 valence electrons. The number of aromatic hydroxyl groups is 1. The molecule has 0 aliphatic heterocycles. The molecule has 3 heterocycles. The van der Waals surface area contributed by atoms with Crippen LogP contribution in [0, 0.1) is 0 Å². The SMILES string of the molecule is O=c1cc(CSc2nnc(Cc3cccs3)n2C2CC2)c2cc(Cl)c(O)cc2o1. The number of thiophene rings is 1. The minimum atomic E-state index is -0.461. The van der Waals surface area contributed by atoms with Gasteiger partial charge in [0.1, 0.15) is 17.2 Å². The summed E-state index contributed by atoms with van der Waals surface area (Å²) in [5, 5.41) is 22.5. The molecule has 1 fully saturated rings. The number of benzene rings is 1. The van der Waals surface area contributed by atoms with E-state index in [0.29, 0.717) is 22.8 Å². The monoisotopic (exact) mass is 445 g/mol. The average molecular weight is 446 g/mol. The molecule has 0 atom stereocenters. The van der Waals surface area contributed by atoms with Crippen molar-refractivity contribution in [1.82, 2.24) is 14.8 Å². The van der Waals surface area contributed by atoms with Crippen molar-refractivity contribution in [3.05, 3.63) is 67.4 Å². The average Bonchev–Trinajstić information content (AvgIpc) is 3.24. The van der Waals surface area contributed by atoms with Crippen LogP contribution in [-0.2, 0) is 12.2 Å². The minimum Gasteiger partial charge on any atom is -0.506 e. The molecule has 3 aromatic heterocycles. The van der Waals surface area contributed by atoms with Gasteiger partial charge in [-0.15, -0.1) is 21.5 Å². The molecule has 0 unspecified atom stereocenters. The Kier molecular flexibility index (Phi) is 4.85. The van der Waals surface area contributed by atoms with Crippen molar-refractivity contribution in [1.29, 1.82) is 0 Å². The Morgan fingerprint density at radius 2 is 2.17 bits per heavy atom. The maximum absolute atomic E-state index is 12.0. The summed E-state index contributed by atoms with van der Waals surface area (Å²) < 4.78 is 7.44. The van der Waals surface area contributed by atoms with Crippen molar-refractivity contribution in [2.75, 3.05) is 0 Å². The summed E-state index contributed by atoms with van der Waals surface area (Å²) >= 11 is 9.32. The molecule has 1 aliphatic rings. The molecule has 0 radical (unpaired) electrons. The van der Waals surface area contributed by atoms with Crippen LogP contribution < -0.4 is 5.63 Å². The molecule has 0 spiro atoms. The van der Waals surface area contributed by atoms with Gasteiger partial charge in [-0.1, -0.05) is 29.4 Å². The van der Waals surface area contributed by atoms with Crippen LogP contribution in [-0.4, -0.2) is 19.9 Å². The number of halogens is 1. The van der Waals surface area contributed by atoms with Crippen LogP contribution in [0.5, 0.6) is 5.75 Å². The van der Waals surface area contributed by atoms with Gasteiger partial charge in [0.2, 0.25) is 0 Å². The summed E-state index contributed by atoms with van der Waals surface area (Å²) in [6.45, 7) is 0. The van der Waals surface area contributed by atoms with Crippen molar-refractivity contribution in [3.63, 3.8) is 0 Å². The van der Waals surface area contributed by atoms with Gasteiger partial charge < -0.3 is 14.1 Å².